The first-order chi connectivity index (χ1) is 19.6. The van der Waals surface area contributed by atoms with Gasteiger partial charge in [0.25, 0.3) is 5.91 Å². The van der Waals surface area contributed by atoms with Crippen LogP contribution in [-0.2, 0) is 17.7 Å². The summed E-state index contributed by atoms with van der Waals surface area (Å²) in [5.74, 6) is 1.17. The van der Waals surface area contributed by atoms with E-state index < -0.39 is 0 Å². The monoisotopic (exact) mass is 534 g/mol. The largest absolute Gasteiger partial charge is 0.381 e. The molecule has 6 nitrogen and oxygen atoms in total. The van der Waals surface area contributed by atoms with E-state index in [4.69, 9.17) is 9.72 Å². The number of fused-ring (bicyclic) bond motifs is 1. The van der Waals surface area contributed by atoms with Crippen molar-refractivity contribution in [2.24, 2.45) is 5.92 Å². The van der Waals surface area contributed by atoms with Crippen LogP contribution in [0.25, 0.3) is 33.3 Å². The second-order valence-corrected chi connectivity index (χ2v) is 11.9. The number of aromatic nitrogens is 2. The molecule has 0 saturated carbocycles. The smallest absolute Gasteiger partial charge is 0.253 e. The molecule has 1 amide bonds. The van der Waals surface area contributed by atoms with Crippen molar-refractivity contribution in [1.82, 2.24) is 19.8 Å². The molecule has 4 aromatic rings. The van der Waals surface area contributed by atoms with Crippen molar-refractivity contribution in [3.8, 4) is 22.3 Å². The summed E-state index contributed by atoms with van der Waals surface area (Å²) in [7, 11) is 1.89. The minimum absolute atomic E-state index is 0.0570. The quantitative estimate of drug-likeness (QED) is 0.317. The maximum Gasteiger partial charge on any atom is 0.253 e. The number of hydrogen-bond acceptors (Lipinski definition) is 4. The number of nitrogens with one attached hydrogen (secondary N) is 1. The first-order valence-electron chi connectivity index (χ1n) is 14.9. The normalized spacial score (nSPS) is 20.6. The van der Waals surface area contributed by atoms with Crippen LogP contribution in [0.15, 0.2) is 54.9 Å². The highest BCUT2D eigenvalue weighted by atomic mass is 16.5. The van der Waals surface area contributed by atoms with Gasteiger partial charge >= 0.3 is 0 Å². The molecule has 1 N–H and O–H groups in total. The number of carbonyl (C=O) groups excluding carboxylic acids is 1. The molecule has 0 spiro atoms. The van der Waals surface area contributed by atoms with Gasteiger partial charge < -0.3 is 14.6 Å². The summed E-state index contributed by atoms with van der Waals surface area (Å²) in [5.41, 5.74) is 10.9. The van der Waals surface area contributed by atoms with Crippen molar-refractivity contribution < 1.29 is 9.53 Å². The van der Waals surface area contributed by atoms with E-state index in [0.29, 0.717) is 17.4 Å². The lowest BCUT2D eigenvalue weighted by molar-refractivity contribution is 0.0766. The molecule has 1 unspecified atom stereocenters. The average molecular weight is 535 g/mol. The Morgan fingerprint density at radius 1 is 1.10 bits per heavy atom. The van der Waals surface area contributed by atoms with Gasteiger partial charge in [0.2, 0.25) is 0 Å². The molecule has 0 radical (unpaired) electrons. The number of nitrogens with zero attached hydrogens (tertiary/aromatic N) is 3. The van der Waals surface area contributed by atoms with E-state index in [1.54, 1.807) is 11.1 Å². The second-order valence-electron chi connectivity index (χ2n) is 11.9. The maximum atomic E-state index is 13.0. The predicted octanol–water partition coefficient (Wildman–Crippen LogP) is 6.26. The van der Waals surface area contributed by atoms with Crippen LogP contribution in [0.4, 0.5) is 0 Å². The lowest BCUT2D eigenvalue weighted by Gasteiger charge is -2.38. The second kappa shape index (κ2) is 10.5. The number of pyridine rings is 1. The number of hydrogen-bond donors (Lipinski definition) is 1. The number of carbonyl (C=O) groups is 1. The summed E-state index contributed by atoms with van der Waals surface area (Å²) in [6, 6.07) is 15.1. The Hall–Kier alpha value is -3.48. The van der Waals surface area contributed by atoms with Crippen LogP contribution in [0.3, 0.4) is 0 Å². The molecule has 1 fully saturated rings. The number of aryl methyl sites for hydroxylation is 1. The number of rotatable bonds is 6. The van der Waals surface area contributed by atoms with Crippen molar-refractivity contribution in [3.05, 3.63) is 77.1 Å². The third-order valence-electron chi connectivity index (χ3n) is 9.29. The fourth-order valence-corrected chi connectivity index (χ4v) is 7.14. The van der Waals surface area contributed by atoms with E-state index in [-0.39, 0.29) is 5.91 Å². The molecule has 2 atom stereocenters. The van der Waals surface area contributed by atoms with Gasteiger partial charge in [-0.15, -0.1) is 0 Å². The molecule has 3 aliphatic rings. The van der Waals surface area contributed by atoms with E-state index >= 15 is 0 Å². The minimum atomic E-state index is 0.0570. The van der Waals surface area contributed by atoms with Gasteiger partial charge in [-0.1, -0.05) is 25.1 Å². The van der Waals surface area contributed by atoms with Gasteiger partial charge in [-0.05, 0) is 90.2 Å². The Morgan fingerprint density at radius 2 is 1.95 bits per heavy atom. The molecule has 2 aromatic heterocycles. The van der Waals surface area contributed by atoms with Gasteiger partial charge in [0.15, 0.2) is 0 Å². The fourth-order valence-electron chi connectivity index (χ4n) is 7.14. The number of likely N-dealkylation sites (N-methyl/N-ethyl adjacent to an activating group) is 1. The molecule has 6 heteroatoms. The van der Waals surface area contributed by atoms with Gasteiger partial charge in [-0.2, -0.15) is 0 Å². The van der Waals surface area contributed by atoms with E-state index in [0.717, 1.165) is 67.0 Å². The molecule has 1 saturated heterocycles. The van der Waals surface area contributed by atoms with E-state index in [2.05, 4.69) is 47.1 Å². The standard InChI is InChI=1S/C34H38N4O2/c1-3-38-19-26-6-4-5-25-13-27(14-29(20-38)32(25)26)28-15-30-31(17-36-33(30)35-16-28)23-7-9-24(10-8-23)34(39)37(2)18-22-11-12-40-21-22/h7-10,13-17,22,26H,3-6,11-12,18-21H2,1-2H3,(H,35,36)/t22-,26?/m0/s1. The van der Waals surface area contributed by atoms with Gasteiger partial charge in [0, 0.05) is 73.7 Å². The lowest BCUT2D eigenvalue weighted by Crippen LogP contribution is -2.35. The number of benzene rings is 2. The zero-order valence-corrected chi connectivity index (χ0v) is 23.6. The third-order valence-corrected chi connectivity index (χ3v) is 9.29. The Balaban J connectivity index is 1.18. The number of aromatic amines is 1. The van der Waals surface area contributed by atoms with Crippen molar-refractivity contribution in [2.75, 3.05) is 39.9 Å². The zero-order valence-electron chi connectivity index (χ0n) is 23.6. The van der Waals surface area contributed by atoms with Crippen LogP contribution in [0.5, 0.6) is 0 Å². The lowest BCUT2D eigenvalue weighted by atomic mass is 9.76. The molecular weight excluding hydrogens is 496 g/mol. The number of amides is 1. The summed E-state index contributed by atoms with van der Waals surface area (Å²) in [6.07, 6.45) is 8.83. The number of H-pyrrole nitrogens is 1. The Bertz CT molecular complexity index is 1550. The summed E-state index contributed by atoms with van der Waals surface area (Å²) < 4.78 is 5.48. The van der Waals surface area contributed by atoms with Crippen molar-refractivity contribution in [1.29, 1.82) is 0 Å². The fraction of sp³-hybridized carbons (Fsp3) is 0.412. The summed E-state index contributed by atoms with van der Waals surface area (Å²) >= 11 is 0. The summed E-state index contributed by atoms with van der Waals surface area (Å²) in [4.78, 5) is 25.6. The molecule has 7 rings (SSSR count). The maximum absolute atomic E-state index is 13.0. The van der Waals surface area contributed by atoms with Crippen molar-refractivity contribution in [3.63, 3.8) is 0 Å². The molecule has 206 valence electrons. The zero-order chi connectivity index (χ0) is 27.2. The van der Waals surface area contributed by atoms with Gasteiger partial charge in [-0.3, -0.25) is 9.69 Å². The summed E-state index contributed by atoms with van der Waals surface area (Å²) in [5, 5.41) is 1.11. The van der Waals surface area contributed by atoms with Gasteiger partial charge in [-0.25, -0.2) is 4.98 Å². The SMILES string of the molecule is CCN1Cc2cc(-c3cnc4[nH]cc(-c5ccc(C(=O)N(C)C[C@@H]6CCOC6)cc5)c4c3)cc3c2C(CCC3)C1. The predicted molar refractivity (Wildman–Crippen MR) is 159 cm³/mol. The molecule has 1 aliphatic carbocycles. The topological polar surface area (TPSA) is 61.5 Å². The van der Waals surface area contributed by atoms with E-state index in [9.17, 15) is 4.79 Å². The first kappa shape index (κ1) is 25.5. The Kier molecular flexibility index (Phi) is 6.68. The highest BCUT2D eigenvalue weighted by molar-refractivity contribution is 5.98. The van der Waals surface area contributed by atoms with Gasteiger partial charge in [0.05, 0.1) is 6.61 Å². The highest BCUT2D eigenvalue weighted by Gasteiger charge is 2.30. The Labute approximate surface area is 236 Å². The van der Waals surface area contributed by atoms with Crippen molar-refractivity contribution in [2.45, 2.75) is 45.1 Å². The minimum Gasteiger partial charge on any atom is -0.381 e. The molecule has 4 heterocycles. The molecule has 40 heavy (non-hydrogen) atoms. The van der Waals surface area contributed by atoms with Crippen molar-refractivity contribution >= 4 is 16.9 Å². The van der Waals surface area contributed by atoms with Crippen LogP contribution in [-0.4, -0.2) is 65.6 Å². The molecule has 0 bridgehead atoms. The highest BCUT2D eigenvalue weighted by Crippen LogP contribution is 2.41. The Morgan fingerprint density at radius 3 is 2.75 bits per heavy atom. The molecule has 2 aliphatic heterocycles. The van der Waals surface area contributed by atoms with Gasteiger partial charge in [0.1, 0.15) is 5.65 Å². The van der Waals surface area contributed by atoms with Crippen LogP contribution in [0.1, 0.15) is 59.2 Å². The van der Waals surface area contributed by atoms with Crippen LogP contribution >= 0.6 is 0 Å². The van der Waals surface area contributed by atoms with E-state index in [1.807, 2.05) is 36.5 Å². The molecule has 2 aromatic carbocycles. The van der Waals surface area contributed by atoms with Crippen LogP contribution in [0.2, 0.25) is 0 Å². The third kappa shape index (κ3) is 4.63. The van der Waals surface area contributed by atoms with E-state index in [1.165, 1.54) is 36.9 Å². The summed E-state index contributed by atoms with van der Waals surface area (Å²) in [6.45, 7) is 7.91. The van der Waals surface area contributed by atoms with Crippen LogP contribution < -0.4 is 0 Å². The average Bonchev–Trinajstić information content (AvgIpc) is 3.66. The molecular formula is C34H38N4O2. The first-order valence-corrected chi connectivity index (χ1v) is 14.9. The van der Waals surface area contributed by atoms with Crippen LogP contribution in [0, 0.1) is 5.92 Å². The number of ether oxygens (including phenoxy) is 1.